The Hall–Kier alpha value is -3.26. The van der Waals surface area contributed by atoms with Gasteiger partial charge in [0.2, 0.25) is 5.91 Å². The summed E-state index contributed by atoms with van der Waals surface area (Å²) in [7, 11) is 1.59. The van der Waals surface area contributed by atoms with Crippen LogP contribution < -0.4 is 19.5 Å². The summed E-state index contributed by atoms with van der Waals surface area (Å²) in [5, 5.41) is 13.2. The molecule has 33 heavy (non-hydrogen) atoms. The van der Waals surface area contributed by atoms with E-state index in [2.05, 4.69) is 5.32 Å². The van der Waals surface area contributed by atoms with Crippen molar-refractivity contribution in [1.29, 1.82) is 0 Å². The van der Waals surface area contributed by atoms with E-state index in [9.17, 15) is 14.7 Å². The Kier molecular flexibility index (Phi) is 7.03. The number of carboxylic acids is 1. The number of fused-ring (bicyclic) bond motifs is 1. The summed E-state index contributed by atoms with van der Waals surface area (Å²) in [5.41, 5.74) is 1.70. The molecule has 0 aromatic heterocycles. The van der Waals surface area contributed by atoms with Crippen molar-refractivity contribution in [2.75, 3.05) is 40.0 Å². The lowest BCUT2D eigenvalue weighted by Crippen LogP contribution is -2.38. The van der Waals surface area contributed by atoms with Gasteiger partial charge in [-0.3, -0.25) is 14.5 Å². The molecular formula is C25H30N2O6. The van der Waals surface area contributed by atoms with Crippen molar-refractivity contribution in [3.8, 4) is 17.2 Å². The van der Waals surface area contributed by atoms with Crippen LogP contribution in [0.5, 0.6) is 17.2 Å². The fraction of sp³-hybridized carbons (Fsp3) is 0.440. The van der Waals surface area contributed by atoms with Gasteiger partial charge < -0.3 is 24.6 Å². The Morgan fingerprint density at radius 2 is 1.79 bits per heavy atom. The molecule has 1 amide bonds. The highest BCUT2D eigenvalue weighted by Crippen LogP contribution is 2.47. The first kappa shape index (κ1) is 22.9. The Labute approximate surface area is 193 Å². The average molecular weight is 455 g/mol. The molecule has 2 aliphatic heterocycles. The number of hydrogen-bond donors (Lipinski definition) is 2. The predicted octanol–water partition coefficient (Wildman–Crippen LogP) is 2.83. The Bertz CT molecular complexity index is 993. The molecule has 2 heterocycles. The third-order valence-electron chi connectivity index (χ3n) is 6.25. The summed E-state index contributed by atoms with van der Waals surface area (Å²) in [5.74, 6) is -0.0709. The smallest absolute Gasteiger partial charge is 0.309 e. The minimum atomic E-state index is -0.896. The number of methoxy groups -OCH3 is 1. The van der Waals surface area contributed by atoms with Crippen LogP contribution in [0.15, 0.2) is 42.5 Å². The minimum absolute atomic E-state index is 0.109. The van der Waals surface area contributed by atoms with Crippen LogP contribution in [0.2, 0.25) is 0 Å². The molecule has 8 nitrogen and oxygen atoms in total. The van der Waals surface area contributed by atoms with Crippen LogP contribution >= 0.6 is 0 Å². The molecular weight excluding hydrogens is 424 g/mol. The molecule has 2 aromatic rings. The number of carbonyl (C=O) groups excluding carboxylic acids is 1. The Morgan fingerprint density at radius 1 is 1.09 bits per heavy atom. The van der Waals surface area contributed by atoms with E-state index in [-0.39, 0.29) is 18.4 Å². The van der Waals surface area contributed by atoms with E-state index < -0.39 is 17.9 Å². The third-order valence-corrected chi connectivity index (χ3v) is 6.25. The molecule has 8 heteroatoms. The van der Waals surface area contributed by atoms with E-state index in [1.54, 1.807) is 7.11 Å². The van der Waals surface area contributed by atoms with E-state index in [0.29, 0.717) is 43.6 Å². The lowest BCUT2D eigenvalue weighted by atomic mass is 9.82. The van der Waals surface area contributed by atoms with Gasteiger partial charge in [-0.2, -0.15) is 0 Å². The third kappa shape index (κ3) is 4.90. The number of hydrogen-bond acceptors (Lipinski definition) is 6. The number of aliphatic carboxylic acids is 1. The highest BCUT2D eigenvalue weighted by atomic mass is 16.6. The molecule has 4 rings (SSSR count). The fourth-order valence-corrected chi connectivity index (χ4v) is 4.72. The molecule has 1 saturated heterocycles. The summed E-state index contributed by atoms with van der Waals surface area (Å²) in [6, 6.07) is 12.6. The molecule has 0 aliphatic carbocycles. The lowest BCUT2D eigenvalue weighted by molar-refractivity contribution is -0.143. The van der Waals surface area contributed by atoms with E-state index in [0.717, 1.165) is 17.5 Å². The van der Waals surface area contributed by atoms with Crippen LogP contribution in [0, 0.1) is 5.92 Å². The molecule has 0 radical (unpaired) electrons. The van der Waals surface area contributed by atoms with Gasteiger partial charge in [-0.1, -0.05) is 25.1 Å². The van der Waals surface area contributed by atoms with Gasteiger partial charge >= 0.3 is 5.97 Å². The van der Waals surface area contributed by atoms with Crippen LogP contribution in [-0.4, -0.2) is 61.8 Å². The molecule has 0 bridgehead atoms. The van der Waals surface area contributed by atoms with Gasteiger partial charge in [-0.05, 0) is 41.8 Å². The molecule has 2 N–H and O–H groups in total. The lowest BCUT2D eigenvalue weighted by Gasteiger charge is -2.27. The standard InChI is InChI=1S/C25H30N2O6/c1-3-10-26-22(28)15-27-14-19(17-6-9-20-21(13-17)33-12-11-32-20)23(25(29)30)24(27)16-4-7-18(31-2)8-5-16/h4-9,13,19,23-24H,3,10-12,14-15H2,1-2H3,(H,26,28)(H,29,30). The number of ether oxygens (including phenoxy) is 3. The number of benzene rings is 2. The molecule has 2 aliphatic rings. The molecule has 1 fully saturated rings. The average Bonchev–Trinajstić information content (AvgIpc) is 3.21. The largest absolute Gasteiger partial charge is 0.497 e. The highest BCUT2D eigenvalue weighted by Gasteiger charge is 2.48. The van der Waals surface area contributed by atoms with Crippen molar-refractivity contribution >= 4 is 11.9 Å². The van der Waals surface area contributed by atoms with Gasteiger partial charge in [-0.25, -0.2) is 0 Å². The van der Waals surface area contributed by atoms with Crippen molar-refractivity contribution in [1.82, 2.24) is 10.2 Å². The van der Waals surface area contributed by atoms with E-state index in [1.165, 1.54) is 0 Å². The number of carbonyl (C=O) groups is 2. The Balaban J connectivity index is 1.69. The fourth-order valence-electron chi connectivity index (χ4n) is 4.72. The first-order valence-corrected chi connectivity index (χ1v) is 11.3. The molecule has 2 aromatic carbocycles. The molecule has 0 saturated carbocycles. The number of carboxylic acid groups (broad SMARTS) is 1. The maximum absolute atomic E-state index is 12.6. The Morgan fingerprint density at radius 3 is 2.45 bits per heavy atom. The van der Waals surface area contributed by atoms with Crippen LogP contribution in [0.25, 0.3) is 0 Å². The van der Waals surface area contributed by atoms with Gasteiger partial charge in [-0.15, -0.1) is 0 Å². The molecule has 176 valence electrons. The van der Waals surface area contributed by atoms with Crippen LogP contribution in [-0.2, 0) is 9.59 Å². The molecule has 0 spiro atoms. The van der Waals surface area contributed by atoms with Crippen LogP contribution in [0.4, 0.5) is 0 Å². The maximum atomic E-state index is 12.6. The molecule has 3 atom stereocenters. The van der Waals surface area contributed by atoms with Gasteiger partial charge in [0, 0.05) is 25.0 Å². The van der Waals surface area contributed by atoms with E-state index in [1.807, 2.05) is 54.3 Å². The zero-order chi connectivity index (χ0) is 23.4. The number of amides is 1. The second-order valence-electron chi connectivity index (χ2n) is 8.37. The van der Waals surface area contributed by atoms with Crippen molar-refractivity contribution in [3.05, 3.63) is 53.6 Å². The van der Waals surface area contributed by atoms with E-state index >= 15 is 0 Å². The number of rotatable bonds is 8. The summed E-state index contributed by atoms with van der Waals surface area (Å²) in [6.45, 7) is 4.10. The maximum Gasteiger partial charge on any atom is 0.309 e. The summed E-state index contributed by atoms with van der Waals surface area (Å²) < 4.78 is 16.6. The second kappa shape index (κ2) is 10.1. The normalized spacial score (nSPS) is 22.1. The van der Waals surface area contributed by atoms with Gasteiger partial charge in [0.1, 0.15) is 19.0 Å². The second-order valence-corrected chi connectivity index (χ2v) is 8.37. The monoisotopic (exact) mass is 454 g/mol. The highest BCUT2D eigenvalue weighted by molar-refractivity contribution is 5.79. The number of nitrogens with one attached hydrogen (secondary N) is 1. The first-order chi connectivity index (χ1) is 16.0. The topological polar surface area (TPSA) is 97.3 Å². The first-order valence-electron chi connectivity index (χ1n) is 11.3. The van der Waals surface area contributed by atoms with Crippen molar-refractivity contribution in [3.63, 3.8) is 0 Å². The quantitative estimate of drug-likeness (QED) is 0.633. The van der Waals surface area contributed by atoms with Crippen molar-refractivity contribution < 1.29 is 28.9 Å². The van der Waals surface area contributed by atoms with Crippen molar-refractivity contribution in [2.24, 2.45) is 5.92 Å². The van der Waals surface area contributed by atoms with Gasteiger partial charge in [0.05, 0.1) is 19.6 Å². The van der Waals surface area contributed by atoms with Gasteiger partial charge in [0.25, 0.3) is 0 Å². The zero-order valence-corrected chi connectivity index (χ0v) is 19.0. The predicted molar refractivity (Wildman–Crippen MR) is 122 cm³/mol. The van der Waals surface area contributed by atoms with E-state index in [4.69, 9.17) is 14.2 Å². The van der Waals surface area contributed by atoms with Crippen molar-refractivity contribution in [2.45, 2.75) is 25.3 Å². The molecule has 3 unspecified atom stereocenters. The SMILES string of the molecule is CCCNC(=O)CN1CC(c2ccc3c(c2)OCCO3)C(C(=O)O)C1c1ccc(OC)cc1. The zero-order valence-electron chi connectivity index (χ0n) is 19.0. The number of nitrogens with zero attached hydrogens (tertiary/aromatic N) is 1. The summed E-state index contributed by atoms with van der Waals surface area (Å²) in [4.78, 5) is 27.1. The van der Waals surface area contributed by atoms with Crippen LogP contribution in [0.3, 0.4) is 0 Å². The summed E-state index contributed by atoms with van der Waals surface area (Å²) in [6.07, 6.45) is 0.839. The number of likely N-dealkylation sites (tertiary alicyclic amines) is 1. The van der Waals surface area contributed by atoms with Gasteiger partial charge in [0.15, 0.2) is 11.5 Å². The minimum Gasteiger partial charge on any atom is -0.497 e. The van der Waals surface area contributed by atoms with Crippen LogP contribution in [0.1, 0.15) is 36.4 Å². The summed E-state index contributed by atoms with van der Waals surface area (Å²) >= 11 is 0.